The Balaban J connectivity index is 1.84. The Hall–Kier alpha value is -1.14. The number of ether oxygens (including phenoxy) is 1. The van der Waals surface area contributed by atoms with Crippen molar-refractivity contribution in [2.24, 2.45) is 0 Å². The Bertz CT molecular complexity index is 347. The van der Waals surface area contributed by atoms with Crippen LogP contribution in [-0.4, -0.2) is 35.3 Å². The average Bonchev–Trinajstić information content (AvgIpc) is 2.86. The first kappa shape index (κ1) is 10.4. The van der Waals surface area contributed by atoms with Crippen molar-refractivity contribution in [3.63, 3.8) is 0 Å². The van der Waals surface area contributed by atoms with E-state index >= 15 is 0 Å². The molecule has 2 N–H and O–H groups in total. The zero-order valence-electron chi connectivity index (χ0n) is 8.10. The summed E-state index contributed by atoms with van der Waals surface area (Å²) in [6.07, 6.45) is 2.40. The second-order valence-corrected chi connectivity index (χ2v) is 4.22. The highest BCUT2D eigenvalue weighted by Crippen LogP contribution is 2.17. The van der Waals surface area contributed by atoms with E-state index in [-0.39, 0.29) is 11.8 Å². The smallest absolute Gasteiger partial charge is 0.355 e. The van der Waals surface area contributed by atoms with E-state index in [4.69, 9.17) is 9.84 Å². The van der Waals surface area contributed by atoms with Crippen molar-refractivity contribution in [1.82, 2.24) is 4.98 Å². The quantitative estimate of drug-likeness (QED) is 0.815. The summed E-state index contributed by atoms with van der Waals surface area (Å²) in [6, 6.07) is 0. The van der Waals surface area contributed by atoms with Crippen molar-refractivity contribution >= 4 is 22.4 Å². The van der Waals surface area contributed by atoms with Crippen LogP contribution in [-0.2, 0) is 4.74 Å². The number of anilines is 1. The summed E-state index contributed by atoms with van der Waals surface area (Å²) < 4.78 is 5.43. The zero-order valence-corrected chi connectivity index (χ0v) is 8.92. The van der Waals surface area contributed by atoms with Gasteiger partial charge in [0, 0.05) is 18.5 Å². The molecule has 0 aromatic carbocycles. The highest BCUT2D eigenvalue weighted by atomic mass is 32.1. The van der Waals surface area contributed by atoms with Gasteiger partial charge in [-0.05, 0) is 12.8 Å². The van der Waals surface area contributed by atoms with Crippen LogP contribution >= 0.6 is 11.3 Å². The maximum atomic E-state index is 10.6. The molecule has 6 heteroatoms. The SMILES string of the molecule is O=C(O)c1csc(NCC2CCCO2)n1. The molecule has 0 spiro atoms. The Morgan fingerprint density at radius 3 is 3.27 bits per heavy atom. The van der Waals surface area contributed by atoms with Gasteiger partial charge in [-0.2, -0.15) is 0 Å². The highest BCUT2D eigenvalue weighted by Gasteiger charge is 2.16. The van der Waals surface area contributed by atoms with E-state index in [2.05, 4.69) is 10.3 Å². The molecule has 0 amide bonds. The first-order chi connectivity index (χ1) is 7.25. The van der Waals surface area contributed by atoms with Crippen molar-refractivity contribution in [2.75, 3.05) is 18.5 Å². The Morgan fingerprint density at radius 2 is 2.67 bits per heavy atom. The zero-order chi connectivity index (χ0) is 10.7. The fourth-order valence-corrected chi connectivity index (χ4v) is 2.15. The van der Waals surface area contributed by atoms with Crippen LogP contribution in [0.4, 0.5) is 5.13 Å². The predicted octanol–water partition coefficient (Wildman–Crippen LogP) is 1.43. The van der Waals surface area contributed by atoms with Gasteiger partial charge in [-0.1, -0.05) is 0 Å². The normalized spacial score (nSPS) is 20.4. The highest BCUT2D eigenvalue weighted by molar-refractivity contribution is 7.13. The fourth-order valence-electron chi connectivity index (χ4n) is 1.46. The Labute approximate surface area is 91.1 Å². The van der Waals surface area contributed by atoms with Crippen LogP contribution in [0.5, 0.6) is 0 Å². The van der Waals surface area contributed by atoms with Crippen LogP contribution in [0.15, 0.2) is 5.38 Å². The van der Waals surface area contributed by atoms with Crippen molar-refractivity contribution in [1.29, 1.82) is 0 Å². The maximum Gasteiger partial charge on any atom is 0.355 e. The molecular weight excluding hydrogens is 216 g/mol. The molecular formula is C9H12N2O3S. The molecule has 2 heterocycles. The molecule has 1 unspecified atom stereocenters. The number of carboxylic acid groups (broad SMARTS) is 1. The Kier molecular flexibility index (Phi) is 3.17. The van der Waals surface area contributed by atoms with Gasteiger partial charge in [0.1, 0.15) is 0 Å². The predicted molar refractivity (Wildman–Crippen MR) is 56.5 cm³/mol. The lowest BCUT2D eigenvalue weighted by Gasteiger charge is -2.08. The van der Waals surface area contributed by atoms with E-state index < -0.39 is 5.97 Å². The average molecular weight is 228 g/mol. The standard InChI is InChI=1S/C9H12N2O3S/c12-8(13)7-5-15-9(11-7)10-4-6-2-1-3-14-6/h5-6H,1-4H2,(H,10,11)(H,12,13). The van der Waals surface area contributed by atoms with Crippen LogP contribution in [0.1, 0.15) is 23.3 Å². The van der Waals surface area contributed by atoms with Gasteiger partial charge < -0.3 is 15.2 Å². The second-order valence-electron chi connectivity index (χ2n) is 3.36. The van der Waals surface area contributed by atoms with Gasteiger partial charge in [-0.25, -0.2) is 9.78 Å². The molecule has 2 rings (SSSR count). The summed E-state index contributed by atoms with van der Waals surface area (Å²) in [6.45, 7) is 1.52. The number of aromatic nitrogens is 1. The van der Waals surface area contributed by atoms with Crippen molar-refractivity contribution in [3.05, 3.63) is 11.1 Å². The third kappa shape index (κ3) is 2.66. The molecule has 82 valence electrons. The molecule has 0 bridgehead atoms. The van der Waals surface area contributed by atoms with Crippen molar-refractivity contribution in [2.45, 2.75) is 18.9 Å². The second kappa shape index (κ2) is 4.59. The van der Waals surface area contributed by atoms with Gasteiger partial charge in [-0.15, -0.1) is 11.3 Å². The first-order valence-electron chi connectivity index (χ1n) is 4.80. The lowest BCUT2D eigenvalue weighted by Crippen LogP contribution is -2.18. The molecule has 1 aliphatic heterocycles. The topological polar surface area (TPSA) is 71.5 Å². The van der Waals surface area contributed by atoms with E-state index in [0.717, 1.165) is 19.4 Å². The number of nitrogens with one attached hydrogen (secondary N) is 1. The van der Waals surface area contributed by atoms with Gasteiger partial charge >= 0.3 is 5.97 Å². The molecule has 0 aliphatic carbocycles. The van der Waals surface area contributed by atoms with Gasteiger partial charge in [0.05, 0.1) is 6.10 Å². The maximum absolute atomic E-state index is 10.6. The number of hydrogen-bond acceptors (Lipinski definition) is 5. The summed E-state index contributed by atoms with van der Waals surface area (Å²) in [7, 11) is 0. The fraction of sp³-hybridized carbons (Fsp3) is 0.556. The number of aromatic carboxylic acids is 1. The summed E-state index contributed by atoms with van der Waals surface area (Å²) in [4.78, 5) is 14.5. The lowest BCUT2D eigenvalue weighted by atomic mass is 10.2. The summed E-state index contributed by atoms with van der Waals surface area (Å²) in [5.41, 5.74) is 0.0924. The van der Waals surface area contributed by atoms with Crippen LogP contribution in [0.3, 0.4) is 0 Å². The molecule has 15 heavy (non-hydrogen) atoms. The minimum atomic E-state index is -0.989. The molecule has 5 nitrogen and oxygen atoms in total. The van der Waals surface area contributed by atoms with Gasteiger partial charge in [0.15, 0.2) is 10.8 Å². The third-order valence-corrected chi connectivity index (χ3v) is 3.03. The minimum Gasteiger partial charge on any atom is -0.476 e. The molecule has 1 aliphatic rings. The number of carboxylic acids is 1. The number of nitrogens with zero attached hydrogens (tertiary/aromatic N) is 1. The molecule has 1 fully saturated rings. The number of hydrogen-bond donors (Lipinski definition) is 2. The minimum absolute atomic E-state index is 0.0924. The van der Waals surface area contributed by atoms with Crippen molar-refractivity contribution < 1.29 is 14.6 Å². The van der Waals surface area contributed by atoms with E-state index in [1.165, 1.54) is 16.7 Å². The third-order valence-electron chi connectivity index (χ3n) is 2.23. The molecule has 1 saturated heterocycles. The lowest BCUT2D eigenvalue weighted by molar-refractivity contribution is 0.0691. The first-order valence-corrected chi connectivity index (χ1v) is 5.68. The van der Waals surface area contributed by atoms with Crippen LogP contribution < -0.4 is 5.32 Å². The number of rotatable bonds is 4. The molecule has 1 aromatic heterocycles. The summed E-state index contributed by atoms with van der Waals surface area (Å²) in [5, 5.41) is 13.9. The van der Waals surface area contributed by atoms with E-state index in [1.54, 1.807) is 0 Å². The van der Waals surface area contributed by atoms with Gasteiger partial charge in [0.2, 0.25) is 0 Å². The van der Waals surface area contributed by atoms with E-state index in [1.807, 2.05) is 0 Å². The molecule has 1 atom stereocenters. The summed E-state index contributed by atoms with van der Waals surface area (Å²) in [5.74, 6) is -0.989. The van der Waals surface area contributed by atoms with Crippen LogP contribution in [0.2, 0.25) is 0 Å². The van der Waals surface area contributed by atoms with E-state index in [0.29, 0.717) is 11.7 Å². The van der Waals surface area contributed by atoms with E-state index in [9.17, 15) is 4.79 Å². The molecule has 1 aromatic rings. The van der Waals surface area contributed by atoms with Gasteiger partial charge in [-0.3, -0.25) is 0 Å². The largest absolute Gasteiger partial charge is 0.476 e. The molecule has 0 radical (unpaired) electrons. The molecule has 0 saturated carbocycles. The van der Waals surface area contributed by atoms with Crippen LogP contribution in [0.25, 0.3) is 0 Å². The monoisotopic (exact) mass is 228 g/mol. The number of thiazole rings is 1. The van der Waals surface area contributed by atoms with Gasteiger partial charge in [0.25, 0.3) is 0 Å². The van der Waals surface area contributed by atoms with Crippen LogP contribution in [0, 0.1) is 0 Å². The number of carbonyl (C=O) groups is 1. The van der Waals surface area contributed by atoms with Crippen molar-refractivity contribution in [3.8, 4) is 0 Å². The summed E-state index contributed by atoms with van der Waals surface area (Å²) >= 11 is 1.30. The Morgan fingerprint density at radius 1 is 1.80 bits per heavy atom.